The van der Waals surface area contributed by atoms with Crippen LogP contribution < -0.4 is 14.4 Å². The summed E-state index contributed by atoms with van der Waals surface area (Å²) in [5.74, 6) is 2.20. The third-order valence-corrected chi connectivity index (χ3v) is 3.75. The molecule has 6 heteroatoms. The molecule has 2 aromatic rings. The van der Waals surface area contributed by atoms with E-state index in [4.69, 9.17) is 14.2 Å². The molecule has 0 N–H and O–H groups in total. The van der Waals surface area contributed by atoms with E-state index in [2.05, 4.69) is 20.9 Å². The van der Waals surface area contributed by atoms with Crippen molar-refractivity contribution in [3.05, 3.63) is 42.2 Å². The second-order valence-corrected chi connectivity index (χ2v) is 5.23. The molecule has 1 aliphatic rings. The average Bonchev–Trinajstić information content (AvgIpc) is 2.62. The van der Waals surface area contributed by atoms with Gasteiger partial charge in [0.25, 0.3) is 0 Å². The van der Waals surface area contributed by atoms with E-state index in [1.54, 1.807) is 19.5 Å². The Bertz CT molecular complexity index is 650. The Hall–Kier alpha value is -2.34. The minimum Gasteiger partial charge on any atom is -0.497 e. The first kappa shape index (κ1) is 15.6. The molecule has 1 fully saturated rings. The zero-order valence-corrected chi connectivity index (χ0v) is 13.4. The zero-order chi connectivity index (χ0) is 16.1. The summed E-state index contributed by atoms with van der Waals surface area (Å²) in [5, 5.41) is 0. The van der Waals surface area contributed by atoms with Crippen LogP contribution >= 0.6 is 0 Å². The van der Waals surface area contributed by atoms with Gasteiger partial charge in [0.2, 0.25) is 5.88 Å². The molecule has 6 nitrogen and oxygen atoms in total. The molecule has 23 heavy (non-hydrogen) atoms. The summed E-state index contributed by atoms with van der Waals surface area (Å²) in [6.45, 7) is 4.65. The van der Waals surface area contributed by atoms with Crippen LogP contribution in [-0.4, -0.2) is 43.4 Å². The summed E-state index contributed by atoms with van der Waals surface area (Å²) in [7, 11) is 1.67. The number of aromatic nitrogens is 2. The van der Waals surface area contributed by atoms with Gasteiger partial charge in [0.15, 0.2) is 5.82 Å². The Morgan fingerprint density at radius 1 is 1.35 bits per heavy atom. The molecule has 1 aliphatic heterocycles. The fourth-order valence-electron chi connectivity index (χ4n) is 2.61. The van der Waals surface area contributed by atoms with Crippen molar-refractivity contribution in [3.63, 3.8) is 0 Å². The number of benzene rings is 1. The number of ether oxygens (including phenoxy) is 3. The number of rotatable bonds is 5. The highest BCUT2D eigenvalue weighted by Gasteiger charge is 2.23. The molecule has 1 atom stereocenters. The summed E-state index contributed by atoms with van der Waals surface area (Å²) in [5.41, 5.74) is 1.10. The van der Waals surface area contributed by atoms with E-state index >= 15 is 0 Å². The van der Waals surface area contributed by atoms with Crippen LogP contribution in [0.5, 0.6) is 11.6 Å². The maximum atomic E-state index is 5.92. The van der Waals surface area contributed by atoms with Gasteiger partial charge in [-0.2, -0.15) is 4.98 Å². The number of hydrogen-bond acceptors (Lipinski definition) is 6. The average molecular weight is 315 g/mol. The highest BCUT2D eigenvalue weighted by molar-refractivity contribution is 5.40. The maximum absolute atomic E-state index is 5.92. The standard InChI is InChI=1S/C17H21N3O3/c1-3-22-17-11-18-10-16(19-17)20-7-8-23-15(12-20)13-5-4-6-14(9-13)21-2/h4-6,9-11,15H,3,7-8,12H2,1-2H3. The normalized spacial score (nSPS) is 17.8. The number of morpholine rings is 1. The SMILES string of the molecule is CCOc1cncc(N2CCOC(c3cccc(OC)c3)C2)n1. The molecule has 122 valence electrons. The van der Waals surface area contributed by atoms with Crippen molar-refractivity contribution >= 4 is 5.82 Å². The lowest BCUT2D eigenvalue weighted by Gasteiger charge is -2.33. The number of methoxy groups -OCH3 is 1. The van der Waals surface area contributed by atoms with E-state index in [9.17, 15) is 0 Å². The zero-order valence-electron chi connectivity index (χ0n) is 13.4. The van der Waals surface area contributed by atoms with Crippen molar-refractivity contribution in [3.8, 4) is 11.6 Å². The van der Waals surface area contributed by atoms with Crippen LogP contribution in [0.3, 0.4) is 0 Å². The van der Waals surface area contributed by atoms with Crippen molar-refractivity contribution in [1.29, 1.82) is 0 Å². The fraction of sp³-hybridized carbons (Fsp3) is 0.412. The van der Waals surface area contributed by atoms with Gasteiger partial charge < -0.3 is 19.1 Å². The van der Waals surface area contributed by atoms with Gasteiger partial charge in [-0.25, -0.2) is 0 Å². The second-order valence-electron chi connectivity index (χ2n) is 5.23. The summed E-state index contributed by atoms with van der Waals surface area (Å²) in [6, 6.07) is 7.97. The first-order chi connectivity index (χ1) is 11.3. The Morgan fingerprint density at radius 3 is 3.09 bits per heavy atom. The highest BCUT2D eigenvalue weighted by Crippen LogP contribution is 2.27. The van der Waals surface area contributed by atoms with Gasteiger partial charge in [0.1, 0.15) is 11.9 Å². The lowest BCUT2D eigenvalue weighted by atomic mass is 10.1. The van der Waals surface area contributed by atoms with E-state index in [0.717, 1.165) is 30.2 Å². The minimum atomic E-state index is -0.0172. The van der Waals surface area contributed by atoms with Crippen LogP contribution in [0.25, 0.3) is 0 Å². The summed E-state index contributed by atoms with van der Waals surface area (Å²) < 4.78 is 16.6. The van der Waals surface area contributed by atoms with E-state index in [-0.39, 0.29) is 6.10 Å². The van der Waals surface area contributed by atoms with Gasteiger partial charge in [0.05, 0.1) is 32.7 Å². The number of nitrogens with zero attached hydrogens (tertiary/aromatic N) is 3. The Balaban J connectivity index is 1.76. The van der Waals surface area contributed by atoms with E-state index < -0.39 is 0 Å². The minimum absolute atomic E-state index is 0.0172. The molecule has 1 aromatic heterocycles. The fourth-order valence-corrected chi connectivity index (χ4v) is 2.61. The molecular formula is C17H21N3O3. The van der Waals surface area contributed by atoms with Crippen molar-refractivity contribution in [1.82, 2.24) is 9.97 Å². The molecule has 1 saturated heterocycles. The van der Waals surface area contributed by atoms with Crippen LogP contribution in [0.4, 0.5) is 5.82 Å². The molecule has 0 saturated carbocycles. The van der Waals surface area contributed by atoms with Crippen LogP contribution in [0.2, 0.25) is 0 Å². The molecule has 0 amide bonds. The van der Waals surface area contributed by atoms with Crippen LogP contribution in [-0.2, 0) is 4.74 Å². The lowest BCUT2D eigenvalue weighted by Crippen LogP contribution is -2.39. The topological polar surface area (TPSA) is 56.7 Å². The molecule has 0 aliphatic carbocycles. The van der Waals surface area contributed by atoms with E-state index in [1.165, 1.54) is 0 Å². The van der Waals surface area contributed by atoms with Gasteiger partial charge in [-0.3, -0.25) is 4.98 Å². The van der Waals surface area contributed by atoms with Gasteiger partial charge in [0, 0.05) is 13.1 Å². The number of anilines is 1. The smallest absolute Gasteiger partial charge is 0.234 e. The molecule has 0 bridgehead atoms. The maximum Gasteiger partial charge on any atom is 0.234 e. The largest absolute Gasteiger partial charge is 0.497 e. The molecule has 0 spiro atoms. The first-order valence-electron chi connectivity index (χ1n) is 7.75. The summed E-state index contributed by atoms with van der Waals surface area (Å²) >= 11 is 0. The first-order valence-corrected chi connectivity index (χ1v) is 7.75. The third-order valence-electron chi connectivity index (χ3n) is 3.75. The molecule has 0 radical (unpaired) electrons. The lowest BCUT2D eigenvalue weighted by molar-refractivity contribution is 0.0393. The second kappa shape index (κ2) is 7.28. The molecule has 1 aromatic carbocycles. The Kier molecular flexibility index (Phi) is 4.92. The Labute approximate surface area is 136 Å². The molecular weight excluding hydrogens is 294 g/mol. The Morgan fingerprint density at radius 2 is 2.26 bits per heavy atom. The van der Waals surface area contributed by atoms with Crippen LogP contribution in [0.1, 0.15) is 18.6 Å². The van der Waals surface area contributed by atoms with Crippen molar-refractivity contribution in [2.45, 2.75) is 13.0 Å². The third kappa shape index (κ3) is 3.71. The van der Waals surface area contributed by atoms with E-state index in [0.29, 0.717) is 19.1 Å². The predicted molar refractivity (Wildman–Crippen MR) is 87.1 cm³/mol. The highest BCUT2D eigenvalue weighted by atomic mass is 16.5. The van der Waals surface area contributed by atoms with E-state index in [1.807, 2.05) is 25.1 Å². The van der Waals surface area contributed by atoms with Gasteiger partial charge >= 0.3 is 0 Å². The van der Waals surface area contributed by atoms with Crippen molar-refractivity contribution in [2.24, 2.45) is 0 Å². The van der Waals surface area contributed by atoms with Gasteiger partial charge in [-0.15, -0.1) is 0 Å². The van der Waals surface area contributed by atoms with Crippen molar-refractivity contribution in [2.75, 3.05) is 38.3 Å². The molecule has 3 rings (SSSR count). The van der Waals surface area contributed by atoms with Crippen LogP contribution in [0.15, 0.2) is 36.7 Å². The quantitative estimate of drug-likeness (QED) is 0.845. The van der Waals surface area contributed by atoms with Crippen molar-refractivity contribution < 1.29 is 14.2 Å². The monoisotopic (exact) mass is 315 g/mol. The van der Waals surface area contributed by atoms with Crippen LogP contribution in [0, 0.1) is 0 Å². The summed E-state index contributed by atoms with van der Waals surface area (Å²) in [6.07, 6.45) is 3.38. The number of hydrogen-bond donors (Lipinski definition) is 0. The van der Waals surface area contributed by atoms with Gasteiger partial charge in [-0.1, -0.05) is 12.1 Å². The summed E-state index contributed by atoms with van der Waals surface area (Å²) in [4.78, 5) is 10.9. The molecule has 1 unspecified atom stereocenters. The van der Waals surface area contributed by atoms with Gasteiger partial charge in [-0.05, 0) is 24.6 Å². The predicted octanol–water partition coefficient (Wildman–Crippen LogP) is 2.46. The molecule has 2 heterocycles.